The molecule has 0 aromatic heterocycles. The molecule has 1 amide bonds. The molecule has 5 nitrogen and oxygen atoms in total. The molecule has 0 saturated heterocycles. The molecule has 2 aromatic rings. The SMILES string of the molecule is CCC(C(=O)Nc1ccc(Cl)c(Cl)c1)N(c1cccc(C)c1)S(C)(=O)=O. The second-order valence-electron chi connectivity index (χ2n) is 5.94. The van der Waals surface area contributed by atoms with Gasteiger partial charge < -0.3 is 5.32 Å². The highest BCUT2D eigenvalue weighted by molar-refractivity contribution is 7.92. The molecule has 0 heterocycles. The maximum atomic E-state index is 12.8. The van der Waals surface area contributed by atoms with Gasteiger partial charge in [0.05, 0.1) is 22.0 Å². The van der Waals surface area contributed by atoms with Gasteiger partial charge in [0.2, 0.25) is 15.9 Å². The van der Waals surface area contributed by atoms with E-state index in [1.54, 1.807) is 37.3 Å². The van der Waals surface area contributed by atoms with Crippen molar-refractivity contribution in [3.8, 4) is 0 Å². The topological polar surface area (TPSA) is 66.5 Å². The summed E-state index contributed by atoms with van der Waals surface area (Å²) in [5.74, 6) is -0.446. The van der Waals surface area contributed by atoms with Crippen molar-refractivity contribution in [1.82, 2.24) is 0 Å². The Balaban J connectivity index is 2.38. The van der Waals surface area contributed by atoms with E-state index >= 15 is 0 Å². The number of carbonyl (C=O) groups is 1. The molecule has 0 radical (unpaired) electrons. The summed E-state index contributed by atoms with van der Waals surface area (Å²) < 4.78 is 26.0. The first-order chi connectivity index (χ1) is 12.1. The van der Waals surface area contributed by atoms with Gasteiger partial charge in [-0.1, -0.05) is 42.3 Å². The van der Waals surface area contributed by atoms with Crippen molar-refractivity contribution in [3.63, 3.8) is 0 Å². The average Bonchev–Trinajstić information content (AvgIpc) is 2.54. The molecule has 8 heteroatoms. The lowest BCUT2D eigenvalue weighted by Gasteiger charge is -2.30. The third kappa shape index (κ3) is 4.90. The Morgan fingerprint density at radius 1 is 1.15 bits per heavy atom. The van der Waals surface area contributed by atoms with Crippen molar-refractivity contribution in [2.24, 2.45) is 0 Å². The van der Waals surface area contributed by atoms with Gasteiger partial charge in [0.15, 0.2) is 0 Å². The zero-order chi connectivity index (χ0) is 19.5. The predicted molar refractivity (Wildman–Crippen MR) is 108 cm³/mol. The van der Waals surface area contributed by atoms with Crippen molar-refractivity contribution < 1.29 is 13.2 Å². The first-order valence-corrected chi connectivity index (χ1v) is 10.6. The Morgan fingerprint density at radius 2 is 1.85 bits per heavy atom. The minimum absolute atomic E-state index is 0.300. The lowest BCUT2D eigenvalue weighted by atomic mass is 10.1. The Kier molecular flexibility index (Phi) is 6.55. The van der Waals surface area contributed by atoms with E-state index in [2.05, 4.69) is 5.32 Å². The second-order valence-corrected chi connectivity index (χ2v) is 8.61. The van der Waals surface area contributed by atoms with Gasteiger partial charge in [-0.25, -0.2) is 8.42 Å². The molecule has 0 aliphatic heterocycles. The maximum Gasteiger partial charge on any atom is 0.248 e. The van der Waals surface area contributed by atoms with E-state index in [-0.39, 0.29) is 0 Å². The van der Waals surface area contributed by atoms with Crippen LogP contribution in [0.15, 0.2) is 42.5 Å². The highest BCUT2D eigenvalue weighted by atomic mass is 35.5. The van der Waals surface area contributed by atoms with E-state index in [9.17, 15) is 13.2 Å². The summed E-state index contributed by atoms with van der Waals surface area (Å²) in [6.07, 6.45) is 1.39. The third-order valence-corrected chi connectivity index (χ3v) is 5.69. The number of aryl methyl sites for hydroxylation is 1. The zero-order valence-electron chi connectivity index (χ0n) is 14.7. The van der Waals surface area contributed by atoms with E-state index < -0.39 is 22.0 Å². The summed E-state index contributed by atoms with van der Waals surface area (Å²) in [5.41, 5.74) is 1.79. The standard InChI is InChI=1S/C18H20Cl2N2O3S/c1-4-17(18(23)21-13-8-9-15(19)16(20)11-13)22(26(3,24)25)14-7-5-6-12(2)10-14/h5-11,17H,4H2,1-3H3,(H,21,23). The highest BCUT2D eigenvalue weighted by Crippen LogP contribution is 2.27. The van der Waals surface area contributed by atoms with Gasteiger partial charge in [-0.15, -0.1) is 0 Å². The van der Waals surface area contributed by atoms with Crippen LogP contribution in [-0.4, -0.2) is 26.6 Å². The zero-order valence-corrected chi connectivity index (χ0v) is 17.0. The Labute approximate surface area is 164 Å². The van der Waals surface area contributed by atoms with Crippen molar-refractivity contribution in [1.29, 1.82) is 0 Å². The van der Waals surface area contributed by atoms with Gasteiger partial charge in [-0.05, 0) is 49.2 Å². The van der Waals surface area contributed by atoms with E-state index in [0.717, 1.165) is 16.1 Å². The Bertz CT molecular complexity index is 916. The van der Waals surface area contributed by atoms with E-state index in [4.69, 9.17) is 23.2 Å². The molecule has 1 N–H and O–H groups in total. The quantitative estimate of drug-likeness (QED) is 0.756. The fourth-order valence-corrected chi connectivity index (χ4v) is 4.13. The van der Waals surface area contributed by atoms with Crippen LogP contribution >= 0.6 is 23.2 Å². The second kappa shape index (κ2) is 8.29. The number of amides is 1. The van der Waals surface area contributed by atoms with E-state index in [0.29, 0.717) is 27.8 Å². The number of nitrogens with one attached hydrogen (secondary N) is 1. The number of halogens is 2. The van der Waals surface area contributed by atoms with Gasteiger partial charge in [0.25, 0.3) is 0 Å². The molecule has 1 unspecified atom stereocenters. The first kappa shape index (κ1) is 20.6. The fourth-order valence-electron chi connectivity index (χ4n) is 2.62. The first-order valence-electron chi connectivity index (χ1n) is 7.95. The van der Waals surface area contributed by atoms with Crippen LogP contribution in [-0.2, 0) is 14.8 Å². The molecule has 1 atom stereocenters. The summed E-state index contributed by atoms with van der Waals surface area (Å²) in [4.78, 5) is 12.8. The normalized spacial score (nSPS) is 12.5. The number of rotatable bonds is 6. The monoisotopic (exact) mass is 414 g/mol. The molecule has 0 spiro atoms. The van der Waals surface area contributed by atoms with Crippen LogP contribution in [0, 0.1) is 6.92 Å². The number of sulfonamides is 1. The van der Waals surface area contributed by atoms with Gasteiger partial charge in [0.1, 0.15) is 6.04 Å². The minimum Gasteiger partial charge on any atom is -0.324 e. The third-order valence-electron chi connectivity index (χ3n) is 3.77. The van der Waals surface area contributed by atoms with Gasteiger partial charge >= 0.3 is 0 Å². The molecular weight excluding hydrogens is 395 g/mol. The summed E-state index contributed by atoms with van der Waals surface area (Å²) in [6.45, 7) is 3.62. The number of carbonyl (C=O) groups excluding carboxylic acids is 1. The molecule has 140 valence electrons. The summed E-state index contributed by atoms with van der Waals surface area (Å²) in [5, 5.41) is 3.38. The summed E-state index contributed by atoms with van der Waals surface area (Å²) >= 11 is 11.8. The summed E-state index contributed by atoms with van der Waals surface area (Å²) in [7, 11) is -3.67. The number of benzene rings is 2. The number of hydrogen-bond donors (Lipinski definition) is 1. The predicted octanol–water partition coefficient (Wildman–Crippen LogP) is 4.49. The molecule has 26 heavy (non-hydrogen) atoms. The number of hydrogen-bond acceptors (Lipinski definition) is 3. The lowest BCUT2D eigenvalue weighted by Crippen LogP contribution is -2.47. The van der Waals surface area contributed by atoms with Crippen molar-refractivity contribution in [2.75, 3.05) is 15.9 Å². The van der Waals surface area contributed by atoms with Crippen LogP contribution in [0.5, 0.6) is 0 Å². The Hall–Kier alpha value is -1.76. The smallest absolute Gasteiger partial charge is 0.248 e. The number of anilines is 2. The van der Waals surface area contributed by atoms with Crippen LogP contribution in [0.3, 0.4) is 0 Å². The van der Waals surface area contributed by atoms with Crippen molar-refractivity contribution in [2.45, 2.75) is 26.3 Å². The maximum absolute atomic E-state index is 12.8. The minimum atomic E-state index is -3.67. The van der Waals surface area contributed by atoms with Crippen LogP contribution in [0.25, 0.3) is 0 Å². The molecule has 0 bridgehead atoms. The van der Waals surface area contributed by atoms with Crippen LogP contribution < -0.4 is 9.62 Å². The molecule has 2 rings (SSSR count). The van der Waals surface area contributed by atoms with Crippen molar-refractivity contribution >= 4 is 50.5 Å². The highest BCUT2D eigenvalue weighted by Gasteiger charge is 2.31. The lowest BCUT2D eigenvalue weighted by molar-refractivity contribution is -0.117. The number of nitrogens with zero attached hydrogens (tertiary/aromatic N) is 1. The fraction of sp³-hybridized carbons (Fsp3) is 0.278. The van der Waals surface area contributed by atoms with Crippen molar-refractivity contribution in [3.05, 3.63) is 58.1 Å². The molecule has 2 aromatic carbocycles. The van der Waals surface area contributed by atoms with Gasteiger partial charge in [-0.3, -0.25) is 9.10 Å². The van der Waals surface area contributed by atoms with Gasteiger partial charge in [0, 0.05) is 5.69 Å². The molecule has 0 saturated carbocycles. The van der Waals surface area contributed by atoms with Gasteiger partial charge in [-0.2, -0.15) is 0 Å². The molecule has 0 aliphatic carbocycles. The molecule has 0 aliphatic rings. The van der Waals surface area contributed by atoms with E-state index in [1.807, 2.05) is 13.0 Å². The van der Waals surface area contributed by atoms with Crippen LogP contribution in [0.2, 0.25) is 10.0 Å². The van der Waals surface area contributed by atoms with Crippen LogP contribution in [0.1, 0.15) is 18.9 Å². The summed E-state index contributed by atoms with van der Waals surface area (Å²) in [6, 6.07) is 10.8. The average molecular weight is 415 g/mol. The molecular formula is C18H20Cl2N2O3S. The van der Waals surface area contributed by atoms with Crippen LogP contribution in [0.4, 0.5) is 11.4 Å². The van der Waals surface area contributed by atoms with E-state index in [1.165, 1.54) is 6.07 Å². The largest absolute Gasteiger partial charge is 0.324 e. The molecule has 0 fully saturated rings. The Morgan fingerprint density at radius 3 is 2.38 bits per heavy atom.